The molecular weight excluding hydrogens is 180 g/mol. The lowest BCUT2D eigenvalue weighted by Crippen LogP contribution is -2.47. The minimum Gasteiger partial charge on any atom is -0.463 e. The largest absolute Gasteiger partial charge is 0.463 e. The van der Waals surface area contributed by atoms with Gasteiger partial charge in [0.15, 0.2) is 0 Å². The van der Waals surface area contributed by atoms with Crippen molar-refractivity contribution in [3.8, 4) is 0 Å². The number of carbonyl (C=O) groups excluding carboxylic acids is 1. The highest BCUT2D eigenvalue weighted by Crippen LogP contribution is 2.38. The first-order valence-electron chi connectivity index (χ1n) is 4.98. The zero-order chi connectivity index (χ0) is 10.6. The average Bonchev–Trinajstić information content (AvgIpc) is 2.08. The summed E-state index contributed by atoms with van der Waals surface area (Å²) in [6.45, 7) is 9.74. The first-order chi connectivity index (χ1) is 6.60. The van der Waals surface area contributed by atoms with Crippen LogP contribution in [0.15, 0.2) is 12.7 Å². The molecule has 0 atom stereocenters. The van der Waals surface area contributed by atoms with Crippen molar-refractivity contribution in [2.75, 3.05) is 19.8 Å². The lowest BCUT2D eigenvalue weighted by molar-refractivity contribution is -0.157. The molecule has 14 heavy (non-hydrogen) atoms. The van der Waals surface area contributed by atoms with Crippen molar-refractivity contribution in [3.05, 3.63) is 12.7 Å². The summed E-state index contributed by atoms with van der Waals surface area (Å²) in [7, 11) is 0. The summed E-state index contributed by atoms with van der Waals surface area (Å²) < 4.78 is 10.2. The van der Waals surface area contributed by atoms with Gasteiger partial charge >= 0.3 is 5.97 Å². The fourth-order valence-corrected chi connectivity index (χ4v) is 1.54. The van der Waals surface area contributed by atoms with Gasteiger partial charge in [-0.1, -0.05) is 20.4 Å². The molecule has 0 aliphatic carbocycles. The molecule has 1 fully saturated rings. The highest BCUT2D eigenvalue weighted by atomic mass is 16.5. The third kappa shape index (κ3) is 2.35. The monoisotopic (exact) mass is 198 g/mol. The van der Waals surface area contributed by atoms with E-state index in [9.17, 15) is 4.79 Å². The van der Waals surface area contributed by atoms with Gasteiger partial charge in [-0.15, -0.1) is 0 Å². The van der Waals surface area contributed by atoms with Gasteiger partial charge in [-0.05, 0) is 12.3 Å². The van der Waals surface area contributed by atoms with Crippen LogP contribution in [0.2, 0.25) is 0 Å². The van der Waals surface area contributed by atoms with Gasteiger partial charge in [-0.2, -0.15) is 0 Å². The number of rotatable bonds is 5. The van der Waals surface area contributed by atoms with Crippen LogP contribution in [-0.4, -0.2) is 25.8 Å². The molecular formula is C11H18O3. The molecule has 1 saturated heterocycles. The average molecular weight is 198 g/mol. The van der Waals surface area contributed by atoms with Crippen molar-refractivity contribution >= 4 is 5.97 Å². The van der Waals surface area contributed by atoms with Crippen molar-refractivity contribution in [2.45, 2.75) is 20.3 Å². The van der Waals surface area contributed by atoms with Gasteiger partial charge in [-0.3, -0.25) is 0 Å². The molecule has 0 spiro atoms. The Morgan fingerprint density at radius 1 is 1.64 bits per heavy atom. The molecule has 80 valence electrons. The Morgan fingerprint density at radius 2 is 2.29 bits per heavy atom. The van der Waals surface area contributed by atoms with Crippen molar-refractivity contribution in [1.29, 1.82) is 0 Å². The number of ether oxygens (including phenoxy) is 2. The Balaban J connectivity index is 2.28. The Kier molecular flexibility index (Phi) is 3.69. The van der Waals surface area contributed by atoms with E-state index in [0.717, 1.165) is 19.6 Å². The van der Waals surface area contributed by atoms with E-state index in [1.54, 1.807) is 0 Å². The minimum atomic E-state index is -0.343. The van der Waals surface area contributed by atoms with Crippen molar-refractivity contribution in [1.82, 2.24) is 0 Å². The predicted molar refractivity (Wildman–Crippen MR) is 53.9 cm³/mol. The quantitative estimate of drug-likeness (QED) is 0.499. The van der Waals surface area contributed by atoms with E-state index in [0.29, 0.717) is 12.5 Å². The fraction of sp³-hybridized carbons (Fsp3) is 0.727. The molecule has 0 unspecified atom stereocenters. The molecule has 3 nitrogen and oxygen atoms in total. The molecule has 3 heteroatoms. The van der Waals surface area contributed by atoms with Crippen LogP contribution < -0.4 is 0 Å². The maximum absolute atomic E-state index is 10.8. The van der Waals surface area contributed by atoms with Gasteiger partial charge in [-0.25, -0.2) is 4.79 Å². The van der Waals surface area contributed by atoms with E-state index in [1.165, 1.54) is 6.08 Å². The summed E-state index contributed by atoms with van der Waals surface area (Å²) in [5, 5.41) is 0. The summed E-state index contributed by atoms with van der Waals surface area (Å²) in [6, 6.07) is 0. The normalized spacial score (nSPS) is 18.8. The van der Waals surface area contributed by atoms with Crippen LogP contribution in [0, 0.1) is 11.3 Å². The molecule has 0 bridgehead atoms. The second-order valence-corrected chi connectivity index (χ2v) is 4.13. The van der Waals surface area contributed by atoms with Crippen LogP contribution in [0.4, 0.5) is 0 Å². The zero-order valence-electron chi connectivity index (χ0n) is 8.91. The first-order valence-corrected chi connectivity index (χ1v) is 4.98. The van der Waals surface area contributed by atoms with Crippen LogP contribution in [0.5, 0.6) is 0 Å². The molecule has 1 heterocycles. The Labute approximate surface area is 85.1 Å². The maximum Gasteiger partial charge on any atom is 0.330 e. The third-order valence-corrected chi connectivity index (χ3v) is 3.01. The number of carbonyl (C=O) groups is 1. The summed E-state index contributed by atoms with van der Waals surface area (Å²) in [6.07, 6.45) is 2.07. The summed E-state index contributed by atoms with van der Waals surface area (Å²) >= 11 is 0. The lowest BCUT2D eigenvalue weighted by atomic mass is 9.73. The minimum absolute atomic E-state index is 0.224. The van der Waals surface area contributed by atoms with Gasteiger partial charge < -0.3 is 9.47 Å². The molecule has 0 amide bonds. The van der Waals surface area contributed by atoms with Gasteiger partial charge in [0.25, 0.3) is 0 Å². The van der Waals surface area contributed by atoms with Crippen LogP contribution in [0.3, 0.4) is 0 Å². The maximum atomic E-state index is 10.8. The van der Waals surface area contributed by atoms with E-state index < -0.39 is 0 Å². The summed E-state index contributed by atoms with van der Waals surface area (Å²) in [5.41, 5.74) is 0.224. The Bertz CT molecular complexity index is 217. The lowest BCUT2D eigenvalue weighted by Gasteiger charge is -2.44. The molecule has 1 aliphatic rings. The van der Waals surface area contributed by atoms with E-state index in [2.05, 4.69) is 20.4 Å². The molecule has 0 radical (unpaired) electrons. The molecule has 0 aromatic carbocycles. The zero-order valence-corrected chi connectivity index (χ0v) is 8.91. The molecule has 0 N–H and O–H groups in total. The number of hydrogen-bond acceptors (Lipinski definition) is 3. The van der Waals surface area contributed by atoms with Gasteiger partial charge in [0.1, 0.15) is 0 Å². The SMILES string of the molecule is C=CC(=O)OCCC1(C(C)C)COC1. The summed E-state index contributed by atoms with van der Waals surface area (Å²) in [5.74, 6) is 0.225. The predicted octanol–water partition coefficient (Wildman–Crippen LogP) is 1.78. The molecule has 0 aromatic rings. The van der Waals surface area contributed by atoms with E-state index >= 15 is 0 Å². The highest BCUT2D eigenvalue weighted by Gasteiger charge is 2.41. The number of hydrogen-bond donors (Lipinski definition) is 0. The highest BCUT2D eigenvalue weighted by molar-refractivity contribution is 5.81. The second-order valence-electron chi connectivity index (χ2n) is 4.13. The van der Waals surface area contributed by atoms with Crippen molar-refractivity contribution in [3.63, 3.8) is 0 Å². The molecule has 0 saturated carbocycles. The molecule has 1 aliphatic heterocycles. The summed E-state index contributed by atoms with van der Waals surface area (Å²) in [4.78, 5) is 10.8. The Hall–Kier alpha value is -0.830. The van der Waals surface area contributed by atoms with Crippen LogP contribution in [0.1, 0.15) is 20.3 Å². The Morgan fingerprint density at radius 3 is 2.64 bits per heavy atom. The van der Waals surface area contributed by atoms with Crippen LogP contribution in [-0.2, 0) is 14.3 Å². The van der Waals surface area contributed by atoms with E-state index in [-0.39, 0.29) is 11.4 Å². The third-order valence-electron chi connectivity index (χ3n) is 3.01. The smallest absolute Gasteiger partial charge is 0.330 e. The fourth-order valence-electron chi connectivity index (χ4n) is 1.54. The van der Waals surface area contributed by atoms with Crippen molar-refractivity contribution < 1.29 is 14.3 Å². The van der Waals surface area contributed by atoms with E-state index in [1.807, 2.05) is 0 Å². The molecule has 1 rings (SSSR count). The van der Waals surface area contributed by atoms with Gasteiger partial charge in [0.2, 0.25) is 0 Å². The topological polar surface area (TPSA) is 35.5 Å². The van der Waals surface area contributed by atoms with Crippen LogP contribution >= 0.6 is 0 Å². The standard InChI is InChI=1S/C11H18O3/c1-4-10(12)14-6-5-11(9(2)3)7-13-8-11/h4,9H,1,5-8H2,2-3H3. The van der Waals surface area contributed by atoms with Gasteiger partial charge in [0.05, 0.1) is 19.8 Å². The van der Waals surface area contributed by atoms with E-state index in [4.69, 9.17) is 9.47 Å². The first kappa shape index (κ1) is 11.2. The number of esters is 1. The second kappa shape index (κ2) is 4.60. The molecule has 0 aromatic heterocycles. The van der Waals surface area contributed by atoms with Crippen LogP contribution in [0.25, 0.3) is 0 Å². The van der Waals surface area contributed by atoms with Gasteiger partial charge in [0, 0.05) is 11.5 Å². The van der Waals surface area contributed by atoms with Crippen molar-refractivity contribution in [2.24, 2.45) is 11.3 Å².